The number of piperazine rings is 1. The van der Waals surface area contributed by atoms with E-state index in [0.717, 1.165) is 43.2 Å². The fourth-order valence-corrected chi connectivity index (χ4v) is 3.11. The summed E-state index contributed by atoms with van der Waals surface area (Å²) in [7, 11) is 3.71. The van der Waals surface area contributed by atoms with E-state index in [2.05, 4.69) is 22.2 Å². The Morgan fingerprint density at radius 2 is 1.91 bits per heavy atom. The summed E-state index contributed by atoms with van der Waals surface area (Å²) in [4.78, 5) is 20.8. The third-order valence-electron chi connectivity index (χ3n) is 3.89. The third kappa shape index (κ3) is 3.80. The highest BCUT2D eigenvalue weighted by atomic mass is 32.1. The molecule has 1 saturated heterocycles. The van der Waals surface area contributed by atoms with Gasteiger partial charge in [-0.3, -0.25) is 5.32 Å². The number of rotatable bonds is 3. The van der Waals surface area contributed by atoms with Crippen LogP contribution >= 0.6 is 11.3 Å². The predicted molar refractivity (Wildman–Crippen MR) is 92.2 cm³/mol. The molecule has 2 amide bonds. The zero-order chi connectivity index (χ0) is 16.2. The summed E-state index contributed by atoms with van der Waals surface area (Å²) in [5, 5.41) is 5.46. The molecule has 0 radical (unpaired) electrons. The van der Waals surface area contributed by atoms with Crippen molar-refractivity contribution in [3.8, 4) is 17.0 Å². The number of hydrogen-bond acceptors (Lipinski definition) is 5. The van der Waals surface area contributed by atoms with Gasteiger partial charge in [-0.2, -0.15) is 0 Å². The van der Waals surface area contributed by atoms with Crippen molar-refractivity contribution in [2.75, 3.05) is 45.7 Å². The number of methoxy groups -OCH3 is 1. The monoisotopic (exact) mass is 332 g/mol. The fourth-order valence-electron chi connectivity index (χ4n) is 2.41. The number of hydrogen-bond donors (Lipinski definition) is 1. The normalized spacial score (nSPS) is 15.5. The van der Waals surface area contributed by atoms with Crippen LogP contribution in [-0.2, 0) is 0 Å². The SMILES string of the molecule is COc1ccc(-c2csc(NC(=O)N3CCN(C)CC3)n2)cc1. The van der Waals surface area contributed by atoms with Gasteiger partial charge in [-0.1, -0.05) is 0 Å². The molecule has 0 aliphatic carbocycles. The van der Waals surface area contributed by atoms with Gasteiger partial charge in [0.25, 0.3) is 0 Å². The average molecular weight is 332 g/mol. The lowest BCUT2D eigenvalue weighted by molar-refractivity contribution is 0.164. The maximum absolute atomic E-state index is 12.2. The first-order chi connectivity index (χ1) is 11.2. The number of anilines is 1. The van der Waals surface area contributed by atoms with E-state index in [-0.39, 0.29) is 6.03 Å². The molecule has 7 heteroatoms. The van der Waals surface area contributed by atoms with Crippen LogP contribution in [0, 0.1) is 0 Å². The van der Waals surface area contributed by atoms with Crippen molar-refractivity contribution < 1.29 is 9.53 Å². The number of nitrogens with zero attached hydrogens (tertiary/aromatic N) is 3. The van der Waals surface area contributed by atoms with Crippen molar-refractivity contribution in [1.82, 2.24) is 14.8 Å². The molecule has 6 nitrogen and oxygen atoms in total. The summed E-state index contributed by atoms with van der Waals surface area (Å²) in [6.45, 7) is 3.31. The number of nitrogens with one attached hydrogen (secondary N) is 1. The van der Waals surface area contributed by atoms with Crippen LogP contribution in [0.4, 0.5) is 9.93 Å². The standard InChI is InChI=1S/C16H20N4O2S/c1-19-7-9-20(10-8-19)16(21)18-15-17-14(11-23-15)12-3-5-13(22-2)6-4-12/h3-6,11H,7-10H2,1-2H3,(H,17,18,21). The van der Waals surface area contributed by atoms with E-state index in [1.54, 1.807) is 7.11 Å². The maximum atomic E-state index is 12.2. The van der Waals surface area contributed by atoms with Crippen molar-refractivity contribution in [2.24, 2.45) is 0 Å². The van der Waals surface area contributed by atoms with Gasteiger partial charge in [-0.05, 0) is 31.3 Å². The van der Waals surface area contributed by atoms with E-state index in [1.807, 2.05) is 34.5 Å². The number of carbonyl (C=O) groups is 1. The number of benzene rings is 1. The van der Waals surface area contributed by atoms with Gasteiger partial charge in [0.1, 0.15) is 5.75 Å². The molecule has 0 unspecified atom stereocenters. The predicted octanol–water partition coefficient (Wildman–Crippen LogP) is 2.60. The van der Waals surface area contributed by atoms with Gasteiger partial charge in [-0.25, -0.2) is 9.78 Å². The second-order valence-corrected chi connectivity index (χ2v) is 6.34. The smallest absolute Gasteiger partial charge is 0.323 e. The number of amides is 2. The van der Waals surface area contributed by atoms with Gasteiger partial charge in [0, 0.05) is 37.1 Å². The summed E-state index contributed by atoms with van der Waals surface area (Å²) in [5.41, 5.74) is 1.86. The van der Waals surface area contributed by atoms with E-state index in [0.29, 0.717) is 5.13 Å². The first-order valence-corrected chi connectivity index (χ1v) is 8.38. The highest BCUT2D eigenvalue weighted by Gasteiger charge is 2.19. The quantitative estimate of drug-likeness (QED) is 0.939. The third-order valence-corrected chi connectivity index (χ3v) is 4.65. The lowest BCUT2D eigenvalue weighted by Gasteiger charge is -2.32. The molecular weight excluding hydrogens is 312 g/mol. The molecule has 1 aliphatic heterocycles. The van der Waals surface area contributed by atoms with E-state index in [1.165, 1.54) is 11.3 Å². The van der Waals surface area contributed by atoms with Crippen LogP contribution in [-0.4, -0.2) is 61.2 Å². The van der Waals surface area contributed by atoms with Crippen LogP contribution in [0.1, 0.15) is 0 Å². The zero-order valence-electron chi connectivity index (χ0n) is 13.3. The summed E-state index contributed by atoms with van der Waals surface area (Å²) in [5.74, 6) is 0.813. The summed E-state index contributed by atoms with van der Waals surface area (Å²) < 4.78 is 5.15. The lowest BCUT2D eigenvalue weighted by atomic mass is 10.2. The van der Waals surface area contributed by atoms with Gasteiger partial charge in [0.15, 0.2) is 5.13 Å². The van der Waals surface area contributed by atoms with E-state index >= 15 is 0 Å². The first-order valence-electron chi connectivity index (χ1n) is 7.50. The highest BCUT2D eigenvalue weighted by Crippen LogP contribution is 2.26. The molecule has 1 N–H and O–H groups in total. The molecule has 1 aromatic carbocycles. The Hall–Kier alpha value is -2.12. The molecule has 0 spiro atoms. The van der Waals surface area contributed by atoms with Crippen molar-refractivity contribution in [3.63, 3.8) is 0 Å². The van der Waals surface area contributed by atoms with E-state index in [4.69, 9.17) is 4.74 Å². The van der Waals surface area contributed by atoms with E-state index in [9.17, 15) is 4.79 Å². The molecule has 0 saturated carbocycles. The van der Waals surface area contributed by atoms with Crippen LogP contribution < -0.4 is 10.1 Å². The van der Waals surface area contributed by atoms with Gasteiger partial charge in [0.2, 0.25) is 0 Å². The lowest BCUT2D eigenvalue weighted by Crippen LogP contribution is -2.48. The van der Waals surface area contributed by atoms with Crippen molar-refractivity contribution in [1.29, 1.82) is 0 Å². The Kier molecular flexibility index (Phi) is 4.78. The Morgan fingerprint density at radius 1 is 1.22 bits per heavy atom. The second-order valence-electron chi connectivity index (χ2n) is 5.49. The molecule has 1 aromatic heterocycles. The summed E-state index contributed by atoms with van der Waals surface area (Å²) >= 11 is 1.44. The highest BCUT2D eigenvalue weighted by molar-refractivity contribution is 7.14. The number of aromatic nitrogens is 1. The number of carbonyl (C=O) groups excluding carboxylic acids is 1. The summed E-state index contributed by atoms with van der Waals surface area (Å²) in [6, 6.07) is 7.64. The minimum absolute atomic E-state index is 0.0752. The van der Waals surface area contributed by atoms with Gasteiger partial charge < -0.3 is 14.5 Å². The number of likely N-dealkylation sites (N-methyl/N-ethyl adjacent to an activating group) is 1. The number of ether oxygens (including phenoxy) is 1. The molecule has 122 valence electrons. The molecule has 3 rings (SSSR count). The Balaban J connectivity index is 1.63. The van der Waals surface area contributed by atoms with Crippen LogP contribution in [0.3, 0.4) is 0 Å². The minimum atomic E-state index is -0.0752. The van der Waals surface area contributed by atoms with Crippen LogP contribution in [0.5, 0.6) is 5.75 Å². The molecule has 2 aromatic rings. The molecule has 0 atom stereocenters. The maximum Gasteiger partial charge on any atom is 0.323 e. The second kappa shape index (κ2) is 6.97. The molecule has 1 fully saturated rings. The fraction of sp³-hybridized carbons (Fsp3) is 0.375. The van der Waals surface area contributed by atoms with Gasteiger partial charge in [-0.15, -0.1) is 11.3 Å². The van der Waals surface area contributed by atoms with Crippen LogP contribution in [0.15, 0.2) is 29.6 Å². The van der Waals surface area contributed by atoms with Gasteiger partial charge in [0.05, 0.1) is 12.8 Å². The Bertz CT molecular complexity index is 663. The zero-order valence-corrected chi connectivity index (χ0v) is 14.1. The molecule has 1 aliphatic rings. The van der Waals surface area contributed by atoms with E-state index < -0.39 is 0 Å². The Labute approximate surface area is 139 Å². The van der Waals surface area contributed by atoms with Crippen molar-refractivity contribution in [3.05, 3.63) is 29.6 Å². The summed E-state index contributed by atoms with van der Waals surface area (Å²) in [6.07, 6.45) is 0. The molecule has 2 heterocycles. The topological polar surface area (TPSA) is 57.7 Å². The van der Waals surface area contributed by atoms with Crippen molar-refractivity contribution in [2.45, 2.75) is 0 Å². The van der Waals surface area contributed by atoms with Gasteiger partial charge >= 0.3 is 6.03 Å². The van der Waals surface area contributed by atoms with Crippen molar-refractivity contribution >= 4 is 22.5 Å². The van der Waals surface area contributed by atoms with Crippen LogP contribution in [0.2, 0.25) is 0 Å². The number of thiazole rings is 1. The Morgan fingerprint density at radius 3 is 2.57 bits per heavy atom. The molecule has 23 heavy (non-hydrogen) atoms. The largest absolute Gasteiger partial charge is 0.497 e. The molecular formula is C16H20N4O2S. The minimum Gasteiger partial charge on any atom is -0.497 e. The number of urea groups is 1. The average Bonchev–Trinajstić information content (AvgIpc) is 3.04. The van der Waals surface area contributed by atoms with Crippen LogP contribution in [0.25, 0.3) is 11.3 Å². The molecule has 0 bridgehead atoms. The first kappa shape index (κ1) is 15.8.